The van der Waals surface area contributed by atoms with Gasteiger partial charge in [0.2, 0.25) is 0 Å². The Balaban J connectivity index is 3.30. The number of alkyl halides is 3. The summed E-state index contributed by atoms with van der Waals surface area (Å²) >= 11 is 0. The number of nitrogens with zero attached hydrogens (tertiary/aromatic N) is 2. The molecule has 0 atom stereocenters. The Morgan fingerprint density at radius 1 is 1.53 bits per heavy atom. The van der Waals surface area contributed by atoms with Gasteiger partial charge in [0.25, 0.3) is 0 Å². The Hall–Kier alpha value is -1.81. The lowest BCUT2D eigenvalue weighted by Crippen LogP contribution is -2.21. The van der Waals surface area contributed by atoms with Crippen molar-refractivity contribution in [2.45, 2.75) is 26.3 Å². The van der Waals surface area contributed by atoms with Crippen LogP contribution in [-0.4, -0.2) is 11.3 Å². The summed E-state index contributed by atoms with van der Waals surface area (Å²) in [5.41, 5.74) is 5.90. The zero-order valence-electron chi connectivity index (χ0n) is 9.01. The molecule has 0 saturated heterocycles. The molecule has 0 spiro atoms. The molecule has 2 N–H and O–H groups in total. The third-order valence-corrected chi connectivity index (χ3v) is 2.09. The molecule has 0 saturated carbocycles. The number of rotatable bonds is 3. The van der Waals surface area contributed by atoms with Crippen molar-refractivity contribution in [2.75, 3.05) is 0 Å². The summed E-state index contributed by atoms with van der Waals surface area (Å²) in [4.78, 5) is 3.76. The van der Waals surface area contributed by atoms with Gasteiger partial charge in [0.15, 0.2) is 5.75 Å². The topological polar surface area (TPSA) is 71.9 Å². The monoisotopic (exact) mass is 245 g/mol. The third kappa shape index (κ3) is 3.32. The number of hydrogen-bond donors (Lipinski definition) is 1. The fourth-order valence-electron chi connectivity index (χ4n) is 1.34. The Labute approximate surface area is 95.8 Å². The van der Waals surface area contributed by atoms with E-state index in [0.717, 1.165) is 0 Å². The van der Waals surface area contributed by atoms with Crippen molar-refractivity contribution in [3.63, 3.8) is 0 Å². The van der Waals surface area contributed by atoms with Crippen molar-refractivity contribution in [2.24, 2.45) is 5.73 Å². The van der Waals surface area contributed by atoms with E-state index < -0.39 is 12.1 Å². The minimum atomic E-state index is -4.83. The Morgan fingerprint density at radius 2 is 2.18 bits per heavy atom. The molecule has 1 aromatic rings. The maximum Gasteiger partial charge on any atom is 0.573 e. The number of pyridine rings is 1. The zero-order chi connectivity index (χ0) is 13.1. The van der Waals surface area contributed by atoms with Crippen LogP contribution >= 0.6 is 0 Å². The highest BCUT2D eigenvalue weighted by Crippen LogP contribution is 2.31. The van der Waals surface area contributed by atoms with Gasteiger partial charge in [-0.25, -0.2) is 0 Å². The van der Waals surface area contributed by atoms with E-state index in [1.807, 2.05) is 0 Å². The largest absolute Gasteiger partial charge is 0.573 e. The van der Waals surface area contributed by atoms with Crippen LogP contribution in [0.1, 0.15) is 16.8 Å². The molecule has 0 aromatic carbocycles. The maximum atomic E-state index is 12.2. The van der Waals surface area contributed by atoms with Gasteiger partial charge in [-0.3, -0.25) is 4.98 Å². The number of hydrogen-bond acceptors (Lipinski definition) is 4. The molecule has 1 rings (SSSR count). The highest BCUT2D eigenvalue weighted by molar-refractivity contribution is 5.43. The van der Waals surface area contributed by atoms with E-state index in [-0.39, 0.29) is 24.2 Å². The molecule has 17 heavy (non-hydrogen) atoms. The Bertz CT molecular complexity index is 451. The normalized spacial score (nSPS) is 11.1. The van der Waals surface area contributed by atoms with Crippen molar-refractivity contribution >= 4 is 0 Å². The van der Waals surface area contributed by atoms with Crippen LogP contribution in [0.2, 0.25) is 0 Å². The molecular weight excluding hydrogens is 235 g/mol. The van der Waals surface area contributed by atoms with Crippen LogP contribution in [0.15, 0.2) is 6.20 Å². The smallest absolute Gasteiger partial charge is 0.403 e. The van der Waals surface area contributed by atoms with Gasteiger partial charge in [-0.2, -0.15) is 5.26 Å². The zero-order valence-corrected chi connectivity index (χ0v) is 9.01. The fourth-order valence-corrected chi connectivity index (χ4v) is 1.34. The molecule has 0 fully saturated rings. The van der Waals surface area contributed by atoms with Gasteiger partial charge in [-0.15, -0.1) is 13.2 Å². The first-order chi connectivity index (χ1) is 7.89. The Kier molecular flexibility index (Phi) is 3.91. The first-order valence-corrected chi connectivity index (χ1v) is 4.69. The lowest BCUT2D eigenvalue weighted by molar-refractivity contribution is -0.275. The molecule has 92 valence electrons. The molecule has 0 unspecified atom stereocenters. The molecule has 0 aliphatic heterocycles. The lowest BCUT2D eigenvalue weighted by Gasteiger charge is -2.16. The molecule has 0 radical (unpaired) electrons. The second-order valence-corrected chi connectivity index (χ2v) is 3.28. The van der Waals surface area contributed by atoms with Crippen molar-refractivity contribution < 1.29 is 17.9 Å². The van der Waals surface area contributed by atoms with Gasteiger partial charge in [0.1, 0.15) is 0 Å². The van der Waals surface area contributed by atoms with Crippen LogP contribution < -0.4 is 10.5 Å². The van der Waals surface area contributed by atoms with Crippen LogP contribution in [0.25, 0.3) is 0 Å². The van der Waals surface area contributed by atoms with Crippen LogP contribution in [0.5, 0.6) is 5.75 Å². The summed E-state index contributed by atoms with van der Waals surface area (Å²) in [5.74, 6) is -0.457. The number of halogens is 3. The van der Waals surface area contributed by atoms with E-state index in [1.54, 1.807) is 13.0 Å². The number of aromatic nitrogens is 1. The van der Waals surface area contributed by atoms with Gasteiger partial charge in [0.05, 0.1) is 18.2 Å². The molecular formula is C10H10F3N3O. The number of aryl methyl sites for hydroxylation is 1. The van der Waals surface area contributed by atoms with E-state index in [1.165, 1.54) is 6.20 Å². The number of nitriles is 1. The summed E-state index contributed by atoms with van der Waals surface area (Å²) in [5, 5.41) is 8.59. The maximum absolute atomic E-state index is 12.2. The third-order valence-electron chi connectivity index (χ3n) is 2.09. The van der Waals surface area contributed by atoms with Crippen LogP contribution in [0, 0.1) is 18.3 Å². The number of ether oxygens (including phenoxy) is 1. The van der Waals surface area contributed by atoms with E-state index in [4.69, 9.17) is 11.0 Å². The molecule has 4 nitrogen and oxygen atoms in total. The van der Waals surface area contributed by atoms with Crippen LogP contribution in [0.4, 0.5) is 13.2 Å². The first-order valence-electron chi connectivity index (χ1n) is 4.69. The molecule has 0 bridgehead atoms. The molecule has 0 aliphatic rings. The van der Waals surface area contributed by atoms with E-state index in [2.05, 4.69) is 9.72 Å². The van der Waals surface area contributed by atoms with Crippen molar-refractivity contribution in [3.05, 3.63) is 23.0 Å². The highest BCUT2D eigenvalue weighted by Gasteiger charge is 2.33. The van der Waals surface area contributed by atoms with Gasteiger partial charge >= 0.3 is 6.36 Å². The fraction of sp³-hybridized carbons (Fsp3) is 0.400. The van der Waals surface area contributed by atoms with Crippen molar-refractivity contribution in [1.82, 2.24) is 4.98 Å². The predicted octanol–water partition coefficient (Wildman–Crippen LogP) is 1.81. The second kappa shape index (κ2) is 5.01. The van der Waals surface area contributed by atoms with Gasteiger partial charge in [-0.1, -0.05) is 0 Å². The molecule has 0 aliphatic carbocycles. The number of nitrogens with two attached hydrogens (primary N) is 1. The van der Waals surface area contributed by atoms with Crippen molar-refractivity contribution in [3.8, 4) is 11.8 Å². The minimum Gasteiger partial charge on any atom is -0.403 e. The SMILES string of the molecule is Cc1cnc(CN)c(OC(F)(F)F)c1CC#N. The van der Waals surface area contributed by atoms with Gasteiger partial charge < -0.3 is 10.5 Å². The Morgan fingerprint density at radius 3 is 2.65 bits per heavy atom. The van der Waals surface area contributed by atoms with Gasteiger partial charge in [0, 0.05) is 18.3 Å². The summed E-state index contributed by atoms with van der Waals surface area (Å²) in [6, 6.07) is 1.79. The molecule has 7 heteroatoms. The molecule has 0 amide bonds. The predicted molar refractivity (Wildman–Crippen MR) is 52.9 cm³/mol. The van der Waals surface area contributed by atoms with Crippen molar-refractivity contribution in [1.29, 1.82) is 5.26 Å². The first kappa shape index (κ1) is 13.3. The summed E-state index contributed by atoms with van der Waals surface area (Å²) < 4.78 is 40.6. The van der Waals surface area contributed by atoms with E-state index >= 15 is 0 Å². The van der Waals surface area contributed by atoms with E-state index in [0.29, 0.717) is 5.56 Å². The summed E-state index contributed by atoms with van der Waals surface area (Å²) in [6.45, 7) is 1.37. The highest BCUT2D eigenvalue weighted by atomic mass is 19.4. The quantitative estimate of drug-likeness (QED) is 0.881. The lowest BCUT2D eigenvalue weighted by atomic mass is 10.1. The summed E-state index contributed by atoms with van der Waals surface area (Å²) in [7, 11) is 0. The minimum absolute atomic E-state index is 0.0156. The van der Waals surface area contributed by atoms with Gasteiger partial charge in [-0.05, 0) is 12.5 Å². The molecule has 1 aromatic heterocycles. The standard InChI is InChI=1S/C10H10F3N3O/c1-6-5-16-8(4-15)9(7(6)2-3-14)17-10(11,12)13/h5H,2,4,15H2,1H3. The van der Waals surface area contributed by atoms with Crippen LogP contribution in [-0.2, 0) is 13.0 Å². The van der Waals surface area contributed by atoms with E-state index in [9.17, 15) is 13.2 Å². The molecule has 1 heterocycles. The average Bonchev–Trinajstić information content (AvgIpc) is 2.22. The second-order valence-electron chi connectivity index (χ2n) is 3.28. The van der Waals surface area contributed by atoms with Crippen LogP contribution in [0.3, 0.4) is 0 Å². The average molecular weight is 245 g/mol. The summed E-state index contributed by atoms with van der Waals surface area (Å²) in [6.07, 6.45) is -3.64.